The van der Waals surface area contributed by atoms with Crippen LogP contribution < -0.4 is 4.74 Å². The summed E-state index contributed by atoms with van der Waals surface area (Å²) in [7, 11) is 0. The van der Waals surface area contributed by atoms with E-state index in [0.29, 0.717) is 37.4 Å². The molecule has 0 saturated carbocycles. The van der Waals surface area contributed by atoms with E-state index in [2.05, 4.69) is 11.6 Å². The quantitative estimate of drug-likeness (QED) is 0.225. The highest BCUT2D eigenvalue weighted by molar-refractivity contribution is 6.46. The zero-order valence-electron chi connectivity index (χ0n) is 18.4. The Balaban J connectivity index is 1.70. The molecule has 1 fully saturated rings. The molecule has 1 aromatic heterocycles. The molecular formula is C26H24FN3O4. The van der Waals surface area contributed by atoms with Crippen molar-refractivity contribution in [3.63, 3.8) is 0 Å². The molecule has 1 saturated heterocycles. The predicted molar refractivity (Wildman–Crippen MR) is 124 cm³/mol. The van der Waals surface area contributed by atoms with E-state index < -0.39 is 23.5 Å². The van der Waals surface area contributed by atoms with Crippen molar-refractivity contribution in [2.24, 2.45) is 0 Å². The van der Waals surface area contributed by atoms with Gasteiger partial charge < -0.3 is 19.3 Å². The van der Waals surface area contributed by atoms with Crippen LogP contribution in [0.5, 0.6) is 5.75 Å². The van der Waals surface area contributed by atoms with Crippen molar-refractivity contribution in [1.82, 2.24) is 14.5 Å². The Morgan fingerprint density at radius 3 is 2.50 bits per heavy atom. The summed E-state index contributed by atoms with van der Waals surface area (Å²) in [6, 6.07) is 11.3. The van der Waals surface area contributed by atoms with Crippen molar-refractivity contribution in [1.29, 1.82) is 0 Å². The fraction of sp³-hybridized carbons (Fsp3) is 0.192. The monoisotopic (exact) mass is 461 g/mol. The number of likely N-dealkylation sites (tertiary alicyclic amines) is 1. The van der Waals surface area contributed by atoms with E-state index in [9.17, 15) is 19.1 Å². The smallest absolute Gasteiger partial charge is 0.295 e. The van der Waals surface area contributed by atoms with Crippen LogP contribution in [0.4, 0.5) is 4.39 Å². The number of carbonyl (C=O) groups excluding carboxylic acids is 2. The van der Waals surface area contributed by atoms with Crippen LogP contribution in [0.15, 0.2) is 85.5 Å². The van der Waals surface area contributed by atoms with Gasteiger partial charge in [-0.2, -0.15) is 0 Å². The standard InChI is InChI=1S/C26H24FN3O4/c1-2-16-34-21-10-6-18(7-11-21)23-22(24(31)19-4-8-20(27)9-5-19)25(32)26(33)30(23)14-3-13-29-15-12-28-17-29/h2,4-12,15,17,23,31H,1,3,13-14,16H2. The number of aliphatic hydroxyl groups excluding tert-OH is 1. The third-order valence-corrected chi connectivity index (χ3v) is 5.60. The van der Waals surface area contributed by atoms with Crippen molar-refractivity contribution >= 4 is 17.4 Å². The van der Waals surface area contributed by atoms with E-state index in [0.717, 1.165) is 0 Å². The summed E-state index contributed by atoms with van der Waals surface area (Å²) in [5, 5.41) is 11.0. The Kier molecular flexibility index (Phi) is 6.87. The second-order valence-corrected chi connectivity index (χ2v) is 7.82. The lowest BCUT2D eigenvalue weighted by Gasteiger charge is -2.25. The van der Waals surface area contributed by atoms with Crippen LogP contribution in [0.2, 0.25) is 0 Å². The summed E-state index contributed by atoms with van der Waals surface area (Å²) < 4.78 is 20.8. The second-order valence-electron chi connectivity index (χ2n) is 7.82. The van der Waals surface area contributed by atoms with E-state index in [1.165, 1.54) is 29.2 Å². The molecule has 0 radical (unpaired) electrons. The SMILES string of the molecule is C=CCOc1ccc(C2C(=C(O)c3ccc(F)cc3)C(=O)C(=O)N2CCCn2ccnc2)cc1. The van der Waals surface area contributed by atoms with Crippen molar-refractivity contribution in [3.8, 4) is 5.75 Å². The number of rotatable bonds is 9. The highest BCUT2D eigenvalue weighted by atomic mass is 19.1. The third-order valence-electron chi connectivity index (χ3n) is 5.60. The molecule has 4 rings (SSSR count). The first-order valence-corrected chi connectivity index (χ1v) is 10.8. The van der Waals surface area contributed by atoms with Gasteiger partial charge in [0.15, 0.2) is 0 Å². The molecule has 1 aliphatic heterocycles. The molecule has 3 aromatic rings. The summed E-state index contributed by atoms with van der Waals surface area (Å²) in [4.78, 5) is 31.5. The molecule has 1 amide bonds. The van der Waals surface area contributed by atoms with Gasteiger partial charge in [-0.3, -0.25) is 9.59 Å². The molecule has 0 spiro atoms. The van der Waals surface area contributed by atoms with Crippen LogP contribution in [0.25, 0.3) is 5.76 Å². The summed E-state index contributed by atoms with van der Waals surface area (Å²) in [6.07, 6.45) is 7.39. The number of aliphatic hydroxyl groups is 1. The van der Waals surface area contributed by atoms with Crippen LogP contribution in [0.3, 0.4) is 0 Å². The molecule has 2 heterocycles. The molecule has 1 unspecified atom stereocenters. The maximum Gasteiger partial charge on any atom is 0.295 e. The molecule has 7 nitrogen and oxygen atoms in total. The van der Waals surface area contributed by atoms with E-state index in [1.807, 2.05) is 10.8 Å². The minimum Gasteiger partial charge on any atom is -0.507 e. The molecule has 174 valence electrons. The van der Waals surface area contributed by atoms with E-state index in [-0.39, 0.29) is 16.9 Å². The number of aryl methyl sites for hydroxylation is 1. The number of carbonyl (C=O) groups is 2. The van der Waals surface area contributed by atoms with Gasteiger partial charge in [0, 0.05) is 31.0 Å². The lowest BCUT2D eigenvalue weighted by molar-refractivity contribution is -0.139. The Morgan fingerprint density at radius 2 is 1.85 bits per heavy atom. The Labute approximate surface area is 196 Å². The lowest BCUT2D eigenvalue weighted by atomic mass is 9.95. The molecule has 1 N–H and O–H groups in total. The topological polar surface area (TPSA) is 84.7 Å². The van der Waals surface area contributed by atoms with Crippen molar-refractivity contribution in [3.05, 3.63) is 102 Å². The number of aromatic nitrogens is 2. The number of nitrogens with zero attached hydrogens (tertiary/aromatic N) is 3. The van der Waals surface area contributed by atoms with Gasteiger partial charge in [-0.25, -0.2) is 9.37 Å². The number of Topliss-reactive ketones (excluding diaryl/α,β-unsaturated/α-hetero) is 1. The van der Waals surface area contributed by atoms with Gasteiger partial charge in [0.05, 0.1) is 17.9 Å². The van der Waals surface area contributed by atoms with Gasteiger partial charge in [0.25, 0.3) is 11.7 Å². The summed E-state index contributed by atoms with van der Waals surface area (Å²) in [5.74, 6) is -1.66. The maximum absolute atomic E-state index is 13.4. The first-order valence-electron chi connectivity index (χ1n) is 10.8. The first-order chi connectivity index (χ1) is 16.5. The zero-order valence-corrected chi connectivity index (χ0v) is 18.4. The molecule has 34 heavy (non-hydrogen) atoms. The van der Waals surface area contributed by atoms with Gasteiger partial charge in [-0.15, -0.1) is 0 Å². The molecular weight excluding hydrogens is 437 g/mol. The average molecular weight is 461 g/mol. The first kappa shape index (κ1) is 23.0. The Morgan fingerprint density at radius 1 is 1.12 bits per heavy atom. The number of imidazole rings is 1. The second kappa shape index (κ2) is 10.2. The third kappa shape index (κ3) is 4.76. The normalized spacial score (nSPS) is 17.2. The fourth-order valence-corrected chi connectivity index (χ4v) is 3.96. The van der Waals surface area contributed by atoms with E-state index in [4.69, 9.17) is 4.74 Å². The van der Waals surface area contributed by atoms with Gasteiger partial charge in [0.2, 0.25) is 0 Å². The number of ether oxygens (including phenoxy) is 1. The maximum atomic E-state index is 13.4. The molecule has 1 aliphatic rings. The molecule has 0 bridgehead atoms. The molecule has 8 heteroatoms. The minimum atomic E-state index is -0.790. The number of hydrogen-bond acceptors (Lipinski definition) is 5. The number of ketones is 1. The van der Waals surface area contributed by atoms with Crippen LogP contribution in [0.1, 0.15) is 23.6 Å². The van der Waals surface area contributed by atoms with Crippen LogP contribution in [-0.2, 0) is 16.1 Å². The van der Waals surface area contributed by atoms with Crippen molar-refractivity contribution < 1.29 is 23.8 Å². The van der Waals surface area contributed by atoms with Crippen molar-refractivity contribution in [2.45, 2.75) is 19.0 Å². The summed E-state index contributed by atoms with van der Waals surface area (Å²) in [6.45, 7) is 4.87. The molecule has 2 aromatic carbocycles. The van der Waals surface area contributed by atoms with E-state index in [1.54, 1.807) is 42.9 Å². The van der Waals surface area contributed by atoms with Gasteiger partial charge in [-0.1, -0.05) is 24.8 Å². The highest BCUT2D eigenvalue weighted by Gasteiger charge is 2.45. The Hall–Kier alpha value is -4.20. The van der Waals surface area contributed by atoms with E-state index >= 15 is 0 Å². The van der Waals surface area contributed by atoms with Crippen LogP contribution >= 0.6 is 0 Å². The number of halogens is 1. The number of hydrogen-bond donors (Lipinski definition) is 1. The lowest BCUT2D eigenvalue weighted by Crippen LogP contribution is -2.31. The number of amides is 1. The number of benzene rings is 2. The molecule has 1 atom stereocenters. The van der Waals surface area contributed by atoms with Crippen molar-refractivity contribution in [2.75, 3.05) is 13.2 Å². The highest BCUT2D eigenvalue weighted by Crippen LogP contribution is 2.40. The predicted octanol–water partition coefficient (Wildman–Crippen LogP) is 4.10. The van der Waals surface area contributed by atoms with Gasteiger partial charge in [0.1, 0.15) is 23.9 Å². The summed E-state index contributed by atoms with van der Waals surface area (Å²) >= 11 is 0. The summed E-state index contributed by atoms with van der Waals surface area (Å²) in [5.41, 5.74) is 0.879. The van der Waals surface area contributed by atoms with Crippen LogP contribution in [0, 0.1) is 5.82 Å². The minimum absolute atomic E-state index is 0.0287. The van der Waals surface area contributed by atoms with Crippen LogP contribution in [-0.4, -0.2) is 44.4 Å². The molecule has 0 aliphatic carbocycles. The zero-order chi connectivity index (χ0) is 24.1. The van der Waals surface area contributed by atoms with Gasteiger partial charge >= 0.3 is 0 Å². The Bertz CT molecular complexity index is 1200. The average Bonchev–Trinajstić information content (AvgIpc) is 3.45. The van der Waals surface area contributed by atoms with Gasteiger partial charge in [-0.05, 0) is 48.4 Å². The fourth-order valence-electron chi connectivity index (χ4n) is 3.96. The largest absolute Gasteiger partial charge is 0.507 e.